The lowest BCUT2D eigenvalue weighted by atomic mass is 9.90. The highest BCUT2D eigenvalue weighted by Gasteiger charge is 2.24. The van der Waals surface area contributed by atoms with Gasteiger partial charge in [-0.15, -0.1) is 0 Å². The minimum Gasteiger partial charge on any atom is -0.486 e. The molecule has 7 heteroatoms. The van der Waals surface area contributed by atoms with Crippen molar-refractivity contribution in [3.63, 3.8) is 0 Å². The number of ether oxygens (including phenoxy) is 1. The summed E-state index contributed by atoms with van der Waals surface area (Å²) in [6.45, 7) is 2.89. The molecule has 148 valence electrons. The second-order valence-electron chi connectivity index (χ2n) is 6.73. The summed E-state index contributed by atoms with van der Waals surface area (Å²) in [7, 11) is 1.68. The molecule has 0 aliphatic carbocycles. The van der Waals surface area contributed by atoms with E-state index in [-0.39, 0.29) is 29.5 Å². The predicted molar refractivity (Wildman–Crippen MR) is 108 cm³/mol. The molecule has 1 aliphatic heterocycles. The lowest BCUT2D eigenvalue weighted by Gasteiger charge is -2.26. The third kappa shape index (κ3) is 5.00. The number of anilines is 1. The van der Waals surface area contributed by atoms with Crippen molar-refractivity contribution < 1.29 is 13.9 Å². The van der Waals surface area contributed by atoms with Crippen molar-refractivity contribution in [1.29, 1.82) is 0 Å². The van der Waals surface area contributed by atoms with Crippen LogP contribution in [0.4, 0.5) is 10.1 Å². The number of para-hydroxylation sites is 2. The van der Waals surface area contributed by atoms with Crippen molar-refractivity contribution >= 4 is 17.6 Å². The number of rotatable bonds is 6. The molecule has 2 unspecified atom stereocenters. The number of hydrogen-bond donors (Lipinski definition) is 3. The Hall–Kier alpha value is -3.09. The zero-order chi connectivity index (χ0) is 19.9. The SMILES string of the molecule is CN=C(NCC(C)Oc1ccccc1F)NCC1CC(=O)Nc2ccccc21. The van der Waals surface area contributed by atoms with E-state index in [9.17, 15) is 9.18 Å². The molecule has 28 heavy (non-hydrogen) atoms. The first-order valence-corrected chi connectivity index (χ1v) is 9.31. The van der Waals surface area contributed by atoms with Crippen molar-refractivity contribution in [3.8, 4) is 5.75 Å². The second-order valence-corrected chi connectivity index (χ2v) is 6.73. The zero-order valence-electron chi connectivity index (χ0n) is 16.0. The molecule has 1 aliphatic rings. The van der Waals surface area contributed by atoms with Crippen molar-refractivity contribution in [3.05, 3.63) is 59.9 Å². The number of amides is 1. The minimum atomic E-state index is -0.383. The normalized spacial score (nSPS) is 17.3. The number of guanidine groups is 1. The quantitative estimate of drug-likeness (QED) is 0.529. The fourth-order valence-corrected chi connectivity index (χ4v) is 3.16. The van der Waals surface area contributed by atoms with Crippen LogP contribution < -0.4 is 20.7 Å². The Labute approximate surface area is 164 Å². The first kappa shape index (κ1) is 19.7. The maximum atomic E-state index is 13.7. The van der Waals surface area contributed by atoms with Gasteiger partial charge < -0.3 is 20.7 Å². The van der Waals surface area contributed by atoms with Gasteiger partial charge in [-0.3, -0.25) is 9.79 Å². The summed E-state index contributed by atoms with van der Waals surface area (Å²) in [6, 6.07) is 14.1. The third-order valence-corrected chi connectivity index (χ3v) is 4.57. The molecular weight excluding hydrogens is 359 g/mol. The molecule has 0 saturated carbocycles. The molecule has 0 aromatic heterocycles. The van der Waals surface area contributed by atoms with E-state index in [1.165, 1.54) is 6.07 Å². The predicted octanol–water partition coefficient (Wildman–Crippen LogP) is 2.88. The van der Waals surface area contributed by atoms with Crippen molar-refractivity contribution in [2.24, 2.45) is 4.99 Å². The van der Waals surface area contributed by atoms with Crippen LogP contribution in [0.1, 0.15) is 24.8 Å². The van der Waals surface area contributed by atoms with Crippen LogP contribution in [0.2, 0.25) is 0 Å². The van der Waals surface area contributed by atoms with Crippen LogP contribution in [-0.2, 0) is 4.79 Å². The summed E-state index contributed by atoms with van der Waals surface area (Å²) < 4.78 is 19.3. The van der Waals surface area contributed by atoms with Gasteiger partial charge in [-0.05, 0) is 30.7 Å². The Morgan fingerprint density at radius 2 is 2.00 bits per heavy atom. The maximum absolute atomic E-state index is 13.7. The lowest BCUT2D eigenvalue weighted by molar-refractivity contribution is -0.116. The van der Waals surface area contributed by atoms with Crippen LogP contribution in [0.15, 0.2) is 53.5 Å². The average Bonchev–Trinajstić information content (AvgIpc) is 2.69. The van der Waals surface area contributed by atoms with E-state index in [4.69, 9.17) is 4.74 Å². The van der Waals surface area contributed by atoms with Crippen molar-refractivity contribution in [2.45, 2.75) is 25.4 Å². The van der Waals surface area contributed by atoms with Gasteiger partial charge in [0.25, 0.3) is 0 Å². The van der Waals surface area contributed by atoms with Gasteiger partial charge in [0.2, 0.25) is 5.91 Å². The van der Waals surface area contributed by atoms with Crippen molar-refractivity contribution in [2.75, 3.05) is 25.5 Å². The number of carbonyl (C=O) groups is 1. The number of halogens is 1. The summed E-state index contributed by atoms with van der Waals surface area (Å²) in [5.41, 5.74) is 1.97. The summed E-state index contributed by atoms with van der Waals surface area (Å²) in [5, 5.41) is 9.33. The number of aliphatic imine (C=N–C) groups is 1. The number of benzene rings is 2. The lowest BCUT2D eigenvalue weighted by Crippen LogP contribution is -2.43. The first-order valence-electron chi connectivity index (χ1n) is 9.31. The summed E-state index contributed by atoms with van der Waals surface area (Å²) in [6.07, 6.45) is 0.171. The van der Waals surface area contributed by atoms with Crippen molar-refractivity contribution in [1.82, 2.24) is 10.6 Å². The van der Waals surface area contributed by atoms with Gasteiger partial charge in [-0.2, -0.15) is 0 Å². The highest BCUT2D eigenvalue weighted by molar-refractivity contribution is 5.94. The molecule has 2 atom stereocenters. The van der Waals surface area contributed by atoms with Gasteiger partial charge in [0.15, 0.2) is 17.5 Å². The molecule has 0 bridgehead atoms. The Bertz CT molecular complexity index is 856. The second kappa shape index (κ2) is 9.21. The molecule has 2 aromatic carbocycles. The van der Waals surface area contributed by atoms with E-state index in [0.29, 0.717) is 25.5 Å². The highest BCUT2D eigenvalue weighted by atomic mass is 19.1. The maximum Gasteiger partial charge on any atom is 0.225 e. The van der Waals surface area contributed by atoms with Gasteiger partial charge in [-0.1, -0.05) is 30.3 Å². The summed E-state index contributed by atoms with van der Waals surface area (Å²) in [5.74, 6) is 0.527. The monoisotopic (exact) mass is 384 g/mol. The van der Waals surface area contributed by atoms with Gasteiger partial charge >= 0.3 is 0 Å². The summed E-state index contributed by atoms with van der Waals surface area (Å²) >= 11 is 0. The minimum absolute atomic E-state index is 0.0142. The van der Waals surface area contributed by atoms with Crippen LogP contribution in [0.5, 0.6) is 5.75 Å². The van der Waals surface area contributed by atoms with E-state index in [1.54, 1.807) is 25.2 Å². The molecule has 2 aromatic rings. The fraction of sp³-hybridized carbons (Fsp3) is 0.333. The molecule has 0 fully saturated rings. The smallest absolute Gasteiger partial charge is 0.225 e. The first-order chi connectivity index (χ1) is 13.6. The summed E-state index contributed by atoms with van der Waals surface area (Å²) in [4.78, 5) is 16.1. The third-order valence-electron chi connectivity index (χ3n) is 4.57. The van der Waals surface area contributed by atoms with Gasteiger partial charge in [0.1, 0.15) is 6.10 Å². The molecule has 0 saturated heterocycles. The Morgan fingerprint density at radius 3 is 2.79 bits per heavy atom. The molecule has 6 nitrogen and oxygen atoms in total. The molecular formula is C21H25FN4O2. The number of fused-ring (bicyclic) bond motifs is 1. The molecule has 1 heterocycles. The molecule has 1 amide bonds. The topological polar surface area (TPSA) is 74.8 Å². The zero-order valence-corrected chi connectivity index (χ0v) is 16.0. The fourth-order valence-electron chi connectivity index (χ4n) is 3.16. The number of hydrogen-bond acceptors (Lipinski definition) is 3. The van der Waals surface area contributed by atoms with Crippen LogP contribution in [-0.4, -0.2) is 38.1 Å². The largest absolute Gasteiger partial charge is 0.486 e. The Morgan fingerprint density at radius 1 is 1.25 bits per heavy atom. The van der Waals surface area contributed by atoms with Crippen LogP contribution in [0.25, 0.3) is 0 Å². The van der Waals surface area contributed by atoms with E-state index in [2.05, 4.69) is 20.9 Å². The highest BCUT2D eigenvalue weighted by Crippen LogP contribution is 2.31. The molecule has 3 rings (SSSR count). The standard InChI is InChI=1S/C21H25FN4O2/c1-14(28-19-10-6-4-8-17(19)22)12-24-21(23-2)25-13-15-11-20(27)26-18-9-5-3-7-16(15)18/h3-10,14-15H,11-13H2,1-2H3,(H,26,27)(H2,23,24,25). The van der Waals surface area contributed by atoms with E-state index in [1.807, 2.05) is 31.2 Å². The van der Waals surface area contributed by atoms with Crippen LogP contribution >= 0.6 is 0 Å². The Balaban J connectivity index is 1.51. The average molecular weight is 384 g/mol. The number of nitrogens with zero attached hydrogens (tertiary/aromatic N) is 1. The molecule has 0 radical (unpaired) electrons. The van der Waals surface area contributed by atoms with E-state index in [0.717, 1.165) is 11.3 Å². The number of nitrogens with one attached hydrogen (secondary N) is 3. The molecule has 3 N–H and O–H groups in total. The van der Waals surface area contributed by atoms with Crippen LogP contribution in [0.3, 0.4) is 0 Å². The molecule has 0 spiro atoms. The van der Waals surface area contributed by atoms with E-state index < -0.39 is 0 Å². The number of carbonyl (C=O) groups excluding carboxylic acids is 1. The Kier molecular flexibility index (Phi) is 6.47. The van der Waals surface area contributed by atoms with E-state index >= 15 is 0 Å². The van der Waals surface area contributed by atoms with Gasteiger partial charge in [0, 0.05) is 31.6 Å². The van der Waals surface area contributed by atoms with Crippen LogP contribution in [0, 0.1) is 5.82 Å². The van der Waals surface area contributed by atoms with Gasteiger partial charge in [0.05, 0.1) is 6.54 Å². The van der Waals surface area contributed by atoms with Gasteiger partial charge in [-0.25, -0.2) is 4.39 Å².